The van der Waals surface area contributed by atoms with E-state index in [2.05, 4.69) is 15.2 Å². The summed E-state index contributed by atoms with van der Waals surface area (Å²) in [6.07, 6.45) is 3.46. The summed E-state index contributed by atoms with van der Waals surface area (Å²) in [5, 5.41) is 6.90. The van der Waals surface area contributed by atoms with Gasteiger partial charge in [-0.05, 0) is 42.5 Å². The standard InChI is InChI=1S/C16H13N3O3/c1-22-16(21)12-4-2-11(3-5-12)15(20)18-13-7-9-19-14(10-13)6-8-17-19/h2-10H,1H3,(H,18,20). The molecule has 0 radical (unpaired) electrons. The lowest BCUT2D eigenvalue weighted by Crippen LogP contribution is -2.12. The van der Waals surface area contributed by atoms with Crippen LogP contribution in [-0.2, 0) is 4.74 Å². The molecule has 6 heteroatoms. The van der Waals surface area contributed by atoms with Crippen LogP contribution in [0.3, 0.4) is 0 Å². The van der Waals surface area contributed by atoms with Crippen molar-refractivity contribution in [3.05, 3.63) is 66.0 Å². The van der Waals surface area contributed by atoms with Crippen LogP contribution in [0.15, 0.2) is 54.9 Å². The molecule has 0 saturated heterocycles. The van der Waals surface area contributed by atoms with Crippen molar-refractivity contribution < 1.29 is 14.3 Å². The minimum absolute atomic E-state index is 0.250. The minimum Gasteiger partial charge on any atom is -0.465 e. The third kappa shape index (κ3) is 2.67. The van der Waals surface area contributed by atoms with Crippen molar-refractivity contribution in [2.75, 3.05) is 12.4 Å². The Labute approximate surface area is 126 Å². The topological polar surface area (TPSA) is 72.7 Å². The second-order valence-electron chi connectivity index (χ2n) is 4.64. The highest BCUT2D eigenvalue weighted by molar-refractivity contribution is 6.05. The first kappa shape index (κ1) is 13.8. The Morgan fingerprint density at radius 2 is 1.82 bits per heavy atom. The fourth-order valence-electron chi connectivity index (χ4n) is 2.08. The molecular formula is C16H13N3O3. The van der Waals surface area contributed by atoms with Gasteiger partial charge in [-0.3, -0.25) is 4.79 Å². The van der Waals surface area contributed by atoms with Gasteiger partial charge < -0.3 is 10.1 Å². The molecule has 0 spiro atoms. The highest BCUT2D eigenvalue weighted by Gasteiger charge is 2.09. The maximum Gasteiger partial charge on any atom is 0.337 e. The maximum absolute atomic E-state index is 12.2. The number of carbonyl (C=O) groups is 2. The minimum atomic E-state index is -0.432. The van der Waals surface area contributed by atoms with E-state index in [4.69, 9.17) is 0 Å². The maximum atomic E-state index is 12.2. The van der Waals surface area contributed by atoms with Crippen molar-refractivity contribution >= 4 is 23.1 Å². The number of amides is 1. The summed E-state index contributed by atoms with van der Waals surface area (Å²) in [5.41, 5.74) is 2.43. The number of methoxy groups -OCH3 is 1. The Hall–Kier alpha value is -3.15. The number of nitrogens with zero attached hydrogens (tertiary/aromatic N) is 2. The van der Waals surface area contributed by atoms with Gasteiger partial charge >= 0.3 is 5.97 Å². The van der Waals surface area contributed by atoms with Gasteiger partial charge in [-0.15, -0.1) is 0 Å². The summed E-state index contributed by atoms with van der Waals surface area (Å²) < 4.78 is 6.33. The number of benzene rings is 1. The van der Waals surface area contributed by atoms with Gasteiger partial charge in [0.25, 0.3) is 5.91 Å². The third-order valence-corrected chi connectivity index (χ3v) is 3.23. The predicted octanol–water partition coefficient (Wildman–Crippen LogP) is 2.37. The number of hydrogen-bond donors (Lipinski definition) is 1. The Morgan fingerprint density at radius 3 is 2.55 bits per heavy atom. The summed E-state index contributed by atoms with van der Waals surface area (Å²) in [4.78, 5) is 23.5. The van der Waals surface area contributed by atoms with E-state index in [1.807, 2.05) is 12.1 Å². The van der Waals surface area contributed by atoms with Gasteiger partial charge in [-0.2, -0.15) is 5.10 Å². The number of ether oxygens (including phenoxy) is 1. The predicted molar refractivity (Wildman–Crippen MR) is 80.9 cm³/mol. The number of nitrogens with one attached hydrogen (secondary N) is 1. The lowest BCUT2D eigenvalue weighted by molar-refractivity contribution is 0.0600. The summed E-state index contributed by atoms with van der Waals surface area (Å²) >= 11 is 0. The van der Waals surface area contributed by atoms with E-state index >= 15 is 0 Å². The number of carbonyl (C=O) groups excluding carboxylic acids is 2. The average molecular weight is 295 g/mol. The van der Waals surface area contributed by atoms with E-state index in [1.165, 1.54) is 7.11 Å². The first-order chi connectivity index (χ1) is 10.7. The monoisotopic (exact) mass is 295 g/mol. The van der Waals surface area contributed by atoms with E-state index in [0.29, 0.717) is 16.8 Å². The van der Waals surface area contributed by atoms with Crippen molar-refractivity contribution in [3.8, 4) is 0 Å². The Kier molecular flexibility index (Phi) is 3.57. The van der Waals surface area contributed by atoms with Crippen LogP contribution in [0.5, 0.6) is 0 Å². The first-order valence-corrected chi connectivity index (χ1v) is 6.60. The molecule has 2 heterocycles. The second kappa shape index (κ2) is 5.69. The Bertz CT molecular complexity index is 837. The number of fused-ring (bicyclic) bond motifs is 1. The number of pyridine rings is 1. The van der Waals surface area contributed by atoms with E-state index in [0.717, 1.165) is 5.52 Å². The molecule has 1 amide bonds. The molecule has 0 aliphatic heterocycles. The highest BCUT2D eigenvalue weighted by Crippen LogP contribution is 2.13. The van der Waals surface area contributed by atoms with Crippen LogP contribution < -0.4 is 5.32 Å². The van der Waals surface area contributed by atoms with Gasteiger partial charge in [0.1, 0.15) is 0 Å². The summed E-state index contributed by atoms with van der Waals surface area (Å²) in [7, 11) is 1.32. The molecule has 3 rings (SSSR count). The van der Waals surface area contributed by atoms with E-state index < -0.39 is 5.97 Å². The SMILES string of the molecule is COC(=O)c1ccc(C(=O)Nc2ccn3nccc3c2)cc1. The normalized spacial score (nSPS) is 10.4. The first-order valence-electron chi connectivity index (χ1n) is 6.60. The summed E-state index contributed by atoms with van der Waals surface area (Å²) in [5.74, 6) is -0.682. The molecule has 1 N–H and O–H groups in total. The fraction of sp³-hybridized carbons (Fsp3) is 0.0625. The van der Waals surface area contributed by atoms with Crippen LogP contribution >= 0.6 is 0 Å². The van der Waals surface area contributed by atoms with Crippen molar-refractivity contribution in [3.63, 3.8) is 0 Å². The van der Waals surface area contributed by atoms with Crippen LogP contribution in [-0.4, -0.2) is 28.6 Å². The van der Waals surface area contributed by atoms with Crippen LogP contribution in [0, 0.1) is 0 Å². The third-order valence-electron chi connectivity index (χ3n) is 3.23. The summed E-state index contributed by atoms with van der Waals surface area (Å²) in [6.45, 7) is 0. The van der Waals surface area contributed by atoms with Crippen LogP contribution in [0.2, 0.25) is 0 Å². The fourth-order valence-corrected chi connectivity index (χ4v) is 2.08. The van der Waals surface area contributed by atoms with E-state index in [-0.39, 0.29) is 5.91 Å². The molecule has 0 bridgehead atoms. The largest absolute Gasteiger partial charge is 0.465 e. The van der Waals surface area contributed by atoms with Gasteiger partial charge in [0.2, 0.25) is 0 Å². The molecule has 0 saturated carbocycles. The molecule has 0 unspecified atom stereocenters. The number of rotatable bonds is 3. The van der Waals surface area contributed by atoms with Crippen molar-refractivity contribution in [1.29, 1.82) is 0 Å². The Morgan fingerprint density at radius 1 is 1.09 bits per heavy atom. The zero-order valence-corrected chi connectivity index (χ0v) is 11.8. The average Bonchev–Trinajstić information content (AvgIpc) is 3.02. The van der Waals surface area contributed by atoms with Gasteiger partial charge in [0, 0.05) is 23.6 Å². The van der Waals surface area contributed by atoms with Gasteiger partial charge in [0.05, 0.1) is 18.2 Å². The van der Waals surface area contributed by atoms with Gasteiger partial charge in [-0.1, -0.05) is 0 Å². The molecule has 22 heavy (non-hydrogen) atoms. The van der Waals surface area contributed by atoms with Crippen LogP contribution in [0.25, 0.3) is 5.52 Å². The van der Waals surface area contributed by atoms with Crippen LogP contribution in [0.1, 0.15) is 20.7 Å². The molecule has 0 atom stereocenters. The lowest BCUT2D eigenvalue weighted by atomic mass is 10.1. The molecule has 2 aromatic heterocycles. The van der Waals surface area contributed by atoms with Gasteiger partial charge in [0.15, 0.2) is 0 Å². The summed E-state index contributed by atoms with van der Waals surface area (Å²) in [6, 6.07) is 11.7. The quantitative estimate of drug-likeness (QED) is 0.753. The molecule has 3 aromatic rings. The molecule has 6 nitrogen and oxygen atoms in total. The van der Waals surface area contributed by atoms with Crippen molar-refractivity contribution in [2.24, 2.45) is 0 Å². The zero-order chi connectivity index (χ0) is 15.5. The highest BCUT2D eigenvalue weighted by atomic mass is 16.5. The molecule has 110 valence electrons. The smallest absolute Gasteiger partial charge is 0.337 e. The zero-order valence-electron chi connectivity index (χ0n) is 11.8. The van der Waals surface area contributed by atoms with Crippen molar-refractivity contribution in [1.82, 2.24) is 9.61 Å². The number of esters is 1. The molecular weight excluding hydrogens is 282 g/mol. The second-order valence-corrected chi connectivity index (χ2v) is 4.64. The van der Waals surface area contributed by atoms with E-state index in [9.17, 15) is 9.59 Å². The molecule has 0 aliphatic rings. The van der Waals surface area contributed by atoms with Crippen LogP contribution in [0.4, 0.5) is 5.69 Å². The number of hydrogen-bond acceptors (Lipinski definition) is 4. The molecule has 1 aromatic carbocycles. The Balaban J connectivity index is 1.77. The van der Waals surface area contributed by atoms with Gasteiger partial charge in [-0.25, -0.2) is 9.31 Å². The number of aromatic nitrogens is 2. The van der Waals surface area contributed by atoms with E-state index in [1.54, 1.807) is 47.2 Å². The molecule has 0 fully saturated rings. The molecule has 0 aliphatic carbocycles. The van der Waals surface area contributed by atoms with Crippen molar-refractivity contribution in [2.45, 2.75) is 0 Å². The lowest BCUT2D eigenvalue weighted by Gasteiger charge is -2.06. The number of anilines is 1.